The van der Waals surface area contributed by atoms with Crippen molar-refractivity contribution in [2.45, 2.75) is 65.0 Å². The van der Waals surface area contributed by atoms with Crippen molar-refractivity contribution in [3.05, 3.63) is 51.8 Å². The summed E-state index contributed by atoms with van der Waals surface area (Å²) >= 11 is 1.52. The molecule has 3 heterocycles. The molecule has 1 aliphatic carbocycles. The molecule has 1 aliphatic rings. The van der Waals surface area contributed by atoms with E-state index in [9.17, 15) is 5.11 Å². The van der Waals surface area contributed by atoms with Crippen molar-refractivity contribution >= 4 is 33.6 Å². The molecule has 0 bridgehead atoms. The van der Waals surface area contributed by atoms with Gasteiger partial charge in [-0.25, -0.2) is 0 Å². The fourth-order valence-corrected chi connectivity index (χ4v) is 5.50. The van der Waals surface area contributed by atoms with E-state index in [4.69, 9.17) is 9.97 Å². The van der Waals surface area contributed by atoms with Gasteiger partial charge in [0.2, 0.25) is 0 Å². The number of anilines is 2. The second-order valence-electron chi connectivity index (χ2n) is 9.50. The van der Waals surface area contributed by atoms with Gasteiger partial charge in [-0.05, 0) is 20.4 Å². The Bertz CT molecular complexity index is 1210. The SMILES string of the molecule is CC/C=C(\C=C\[I-]C)c1cnc2c(Nc3cc(CN(CC)C(C)(C)CO)ns3)nc(C3CC3)cn12. The minimum atomic E-state index is -0.289. The topological polar surface area (TPSA) is 78.6 Å². The first-order chi connectivity index (χ1) is 16.9. The Labute approximate surface area is 222 Å². The standard InChI is InChI=1S/C26H36IN6OS/c1-6-8-19(11-12-27-5)22-14-28-25-24(29-21(16-33(22)25)18-9-10-18)30-23-13-20(31-35-23)15-32(7-2)26(3,4)17-34/h8,11-14,16,18,34H,6-7,9-10,15,17H2,1-5H3,(H,29,30)/q-1/b12-11+,19-8+. The van der Waals surface area contributed by atoms with Crippen LogP contribution in [0.3, 0.4) is 0 Å². The maximum absolute atomic E-state index is 9.78. The summed E-state index contributed by atoms with van der Waals surface area (Å²) in [5, 5.41) is 14.2. The van der Waals surface area contributed by atoms with E-state index < -0.39 is 0 Å². The van der Waals surface area contributed by atoms with Gasteiger partial charge in [-0.15, -0.1) is 0 Å². The summed E-state index contributed by atoms with van der Waals surface area (Å²) in [6, 6.07) is 2.09. The third-order valence-corrected chi connectivity index (χ3v) is 8.19. The van der Waals surface area contributed by atoms with Crippen LogP contribution in [-0.4, -0.2) is 52.4 Å². The van der Waals surface area contributed by atoms with Gasteiger partial charge >= 0.3 is 174 Å². The summed E-state index contributed by atoms with van der Waals surface area (Å²) in [6.45, 7) is 10.0. The van der Waals surface area contributed by atoms with Crippen molar-refractivity contribution < 1.29 is 26.3 Å². The van der Waals surface area contributed by atoms with Crippen LogP contribution in [0.2, 0.25) is 0 Å². The van der Waals surface area contributed by atoms with Crippen LogP contribution in [0.15, 0.2) is 34.7 Å². The van der Waals surface area contributed by atoms with Crippen molar-refractivity contribution in [3.8, 4) is 0 Å². The Hall–Kier alpha value is -1.82. The molecule has 1 saturated carbocycles. The molecule has 0 amide bonds. The number of fused-ring (bicyclic) bond motifs is 1. The molecule has 7 nitrogen and oxygen atoms in total. The zero-order valence-electron chi connectivity index (χ0n) is 21.3. The molecule has 1 fully saturated rings. The Morgan fingerprint density at radius 2 is 2.17 bits per heavy atom. The molecular weight excluding hydrogens is 571 g/mol. The number of aliphatic hydroxyl groups excluding tert-OH is 1. The normalized spacial score (nSPS) is 15.2. The molecule has 0 saturated heterocycles. The number of hydrogen-bond donors (Lipinski definition) is 2. The van der Waals surface area contributed by atoms with Crippen molar-refractivity contribution in [2.24, 2.45) is 0 Å². The molecule has 2 N–H and O–H groups in total. The number of aromatic nitrogens is 4. The Balaban J connectivity index is 1.66. The van der Waals surface area contributed by atoms with Gasteiger partial charge in [-0.1, -0.05) is 6.92 Å². The van der Waals surface area contributed by atoms with Crippen LogP contribution in [0.5, 0.6) is 0 Å². The van der Waals surface area contributed by atoms with Gasteiger partial charge in [0, 0.05) is 5.54 Å². The molecule has 0 spiro atoms. The van der Waals surface area contributed by atoms with Crippen molar-refractivity contribution in [1.82, 2.24) is 23.6 Å². The van der Waals surface area contributed by atoms with E-state index in [-0.39, 0.29) is 33.4 Å². The third-order valence-electron chi connectivity index (χ3n) is 6.37. The zero-order chi connectivity index (χ0) is 25.0. The second-order valence-corrected chi connectivity index (χ2v) is 12.3. The molecule has 0 aromatic carbocycles. The van der Waals surface area contributed by atoms with E-state index >= 15 is 0 Å². The van der Waals surface area contributed by atoms with Crippen LogP contribution >= 0.6 is 11.5 Å². The molecule has 9 heteroatoms. The minimum absolute atomic E-state index is 0.0802. The second kappa shape index (κ2) is 11.5. The summed E-state index contributed by atoms with van der Waals surface area (Å²) in [6.07, 6.45) is 12.0. The number of nitrogens with one attached hydrogen (secondary N) is 1. The van der Waals surface area contributed by atoms with E-state index in [0.717, 1.165) is 46.5 Å². The first-order valence-electron chi connectivity index (χ1n) is 12.2. The van der Waals surface area contributed by atoms with Crippen LogP contribution in [0.1, 0.15) is 70.0 Å². The summed E-state index contributed by atoms with van der Waals surface area (Å²) in [4.78, 5) is 14.3. The van der Waals surface area contributed by atoms with E-state index in [2.05, 4.69) is 80.1 Å². The van der Waals surface area contributed by atoms with Gasteiger partial charge < -0.3 is 5.11 Å². The molecule has 190 valence electrons. The Kier molecular flexibility index (Phi) is 8.62. The fraction of sp³-hybridized carbons (Fsp3) is 0.500. The zero-order valence-corrected chi connectivity index (χ0v) is 24.2. The quantitative estimate of drug-likeness (QED) is 0.187. The van der Waals surface area contributed by atoms with Crippen molar-refractivity contribution in [1.29, 1.82) is 0 Å². The van der Waals surface area contributed by atoms with Gasteiger partial charge in [0.15, 0.2) is 0 Å². The van der Waals surface area contributed by atoms with Gasteiger partial charge in [0.05, 0.1) is 6.61 Å². The average molecular weight is 608 g/mol. The number of nitrogens with zero attached hydrogens (tertiary/aromatic N) is 5. The number of allylic oxidation sites excluding steroid dienone is 3. The number of likely N-dealkylation sites (N-methyl/N-ethyl adjacent to an activating group) is 1. The molecule has 0 radical (unpaired) electrons. The van der Waals surface area contributed by atoms with E-state index in [0.29, 0.717) is 12.5 Å². The summed E-state index contributed by atoms with van der Waals surface area (Å²) in [5.74, 6) is 1.31. The number of alkyl halides is 1. The Morgan fingerprint density at radius 3 is 2.83 bits per heavy atom. The van der Waals surface area contributed by atoms with E-state index in [1.807, 2.05) is 6.20 Å². The summed E-state index contributed by atoms with van der Waals surface area (Å²) in [7, 11) is 0. The van der Waals surface area contributed by atoms with Crippen LogP contribution < -0.4 is 26.5 Å². The van der Waals surface area contributed by atoms with Crippen molar-refractivity contribution in [2.75, 3.05) is 23.4 Å². The summed E-state index contributed by atoms with van der Waals surface area (Å²) < 4.78 is 9.18. The molecule has 0 unspecified atom stereocenters. The van der Waals surface area contributed by atoms with Crippen LogP contribution in [0, 0.1) is 0 Å². The van der Waals surface area contributed by atoms with E-state index in [1.165, 1.54) is 29.9 Å². The third kappa shape index (κ3) is 6.12. The van der Waals surface area contributed by atoms with Crippen molar-refractivity contribution in [3.63, 3.8) is 0 Å². The fourth-order valence-electron chi connectivity index (χ4n) is 4.10. The summed E-state index contributed by atoms with van der Waals surface area (Å²) in [5.41, 5.74) is 4.97. The van der Waals surface area contributed by atoms with Gasteiger partial charge in [-0.3, -0.25) is 4.90 Å². The number of aliphatic hydroxyl groups is 1. The molecule has 0 atom stereocenters. The van der Waals surface area contributed by atoms with Crippen LogP contribution in [-0.2, 0) is 6.54 Å². The molecule has 0 aliphatic heterocycles. The number of hydrogen-bond acceptors (Lipinski definition) is 7. The van der Waals surface area contributed by atoms with Crippen LogP contribution in [0.25, 0.3) is 11.2 Å². The average Bonchev–Trinajstić information content (AvgIpc) is 3.47. The molecular formula is C26H36IN6OS-. The first kappa shape index (κ1) is 26.2. The Morgan fingerprint density at radius 1 is 1.37 bits per heavy atom. The predicted octanol–water partition coefficient (Wildman–Crippen LogP) is 2.43. The van der Waals surface area contributed by atoms with Gasteiger partial charge in [0.1, 0.15) is 0 Å². The molecule has 4 rings (SSSR count). The molecule has 3 aromatic heterocycles. The number of imidazole rings is 1. The van der Waals surface area contributed by atoms with Gasteiger partial charge in [-0.2, -0.15) is 0 Å². The monoisotopic (exact) mass is 607 g/mol. The van der Waals surface area contributed by atoms with Gasteiger partial charge in [0.25, 0.3) is 0 Å². The molecule has 35 heavy (non-hydrogen) atoms. The predicted molar refractivity (Wildman–Crippen MR) is 141 cm³/mol. The number of halogens is 1. The van der Waals surface area contributed by atoms with Crippen LogP contribution in [0.4, 0.5) is 10.8 Å². The maximum atomic E-state index is 9.78. The first-order valence-corrected chi connectivity index (χ1v) is 16.4. The molecule has 3 aromatic rings. The van der Waals surface area contributed by atoms with E-state index in [1.54, 1.807) is 0 Å². The number of rotatable bonds is 12.